The number of aliphatic hydroxyl groups is 1. The molecule has 1 N–H and O–H groups in total. The Kier molecular flexibility index (Phi) is 4.72. The third kappa shape index (κ3) is 3.53. The second-order valence-corrected chi connectivity index (χ2v) is 5.76. The highest BCUT2D eigenvalue weighted by Gasteiger charge is 2.34. The Hall–Kier alpha value is -1.05. The highest BCUT2D eigenvalue weighted by Crippen LogP contribution is 2.41. The van der Waals surface area contributed by atoms with Gasteiger partial charge >= 0.3 is 6.18 Å². The summed E-state index contributed by atoms with van der Waals surface area (Å²) in [5, 5.41) is 9.41. The van der Waals surface area contributed by atoms with Crippen LogP contribution in [0.2, 0.25) is 0 Å². The summed E-state index contributed by atoms with van der Waals surface area (Å²) in [4.78, 5) is 4.09. The first-order valence-corrected chi connectivity index (χ1v) is 7.12. The molecule has 0 saturated heterocycles. The molecule has 1 aromatic heterocycles. The van der Waals surface area contributed by atoms with Crippen molar-refractivity contribution in [3.8, 4) is 0 Å². The van der Waals surface area contributed by atoms with Crippen molar-refractivity contribution in [2.24, 2.45) is 0 Å². The second kappa shape index (κ2) is 6.15. The van der Waals surface area contributed by atoms with Crippen LogP contribution in [0.1, 0.15) is 11.1 Å². The number of aromatic nitrogens is 1. The lowest BCUT2D eigenvalue weighted by Gasteiger charge is -2.13. The molecule has 2 aromatic rings. The standard InChI is InChI=1S/C13H9BrF3NOS/c14-10-2-1-5-18-12(10)20-11-4-3-8(7-19)6-9(11)13(15,16)17/h1-6,19H,7H2. The van der Waals surface area contributed by atoms with Crippen LogP contribution in [0.5, 0.6) is 0 Å². The van der Waals surface area contributed by atoms with Crippen molar-refractivity contribution in [1.29, 1.82) is 0 Å². The molecule has 0 fully saturated rings. The monoisotopic (exact) mass is 363 g/mol. The van der Waals surface area contributed by atoms with Crippen LogP contribution in [0.3, 0.4) is 0 Å². The molecule has 2 nitrogen and oxygen atoms in total. The third-order valence-electron chi connectivity index (χ3n) is 2.46. The van der Waals surface area contributed by atoms with E-state index in [0.29, 0.717) is 9.50 Å². The van der Waals surface area contributed by atoms with Crippen molar-refractivity contribution in [1.82, 2.24) is 4.98 Å². The molecule has 1 heterocycles. The van der Waals surface area contributed by atoms with Gasteiger partial charge in [-0.3, -0.25) is 0 Å². The summed E-state index contributed by atoms with van der Waals surface area (Å²) in [7, 11) is 0. The van der Waals surface area contributed by atoms with Gasteiger partial charge in [-0.2, -0.15) is 13.2 Å². The fraction of sp³-hybridized carbons (Fsp3) is 0.154. The van der Waals surface area contributed by atoms with E-state index in [1.165, 1.54) is 18.3 Å². The van der Waals surface area contributed by atoms with Crippen LogP contribution >= 0.6 is 27.7 Å². The SMILES string of the molecule is OCc1ccc(Sc2ncccc2Br)c(C(F)(F)F)c1. The topological polar surface area (TPSA) is 33.1 Å². The van der Waals surface area contributed by atoms with E-state index < -0.39 is 18.3 Å². The quantitative estimate of drug-likeness (QED) is 0.870. The van der Waals surface area contributed by atoms with Crippen LogP contribution in [-0.4, -0.2) is 10.1 Å². The fourth-order valence-corrected chi connectivity index (χ4v) is 2.94. The molecule has 0 amide bonds. The summed E-state index contributed by atoms with van der Waals surface area (Å²) >= 11 is 4.18. The molecular weight excluding hydrogens is 355 g/mol. The van der Waals surface area contributed by atoms with Gasteiger partial charge in [-0.15, -0.1) is 0 Å². The number of rotatable bonds is 3. The summed E-state index contributed by atoms with van der Waals surface area (Å²) in [5.74, 6) is 0. The third-order valence-corrected chi connectivity index (χ3v) is 4.46. The molecule has 0 bridgehead atoms. The molecule has 0 aliphatic carbocycles. The van der Waals surface area contributed by atoms with Crippen molar-refractivity contribution in [3.05, 3.63) is 52.1 Å². The molecular formula is C13H9BrF3NOS. The molecule has 7 heteroatoms. The molecule has 20 heavy (non-hydrogen) atoms. The zero-order valence-corrected chi connectivity index (χ0v) is 12.4. The molecule has 2 rings (SSSR count). The van der Waals surface area contributed by atoms with Gasteiger partial charge < -0.3 is 5.11 Å². The Balaban J connectivity index is 2.44. The summed E-state index contributed by atoms with van der Waals surface area (Å²) in [6, 6.07) is 7.17. The highest BCUT2D eigenvalue weighted by molar-refractivity contribution is 9.10. The number of halogens is 4. The van der Waals surface area contributed by atoms with Gasteiger partial charge in [0.05, 0.1) is 16.6 Å². The molecule has 0 aliphatic heterocycles. The number of aliphatic hydroxyl groups excluding tert-OH is 1. The summed E-state index contributed by atoms with van der Waals surface area (Å²) in [6.07, 6.45) is -2.96. The fourth-order valence-electron chi connectivity index (χ4n) is 1.54. The van der Waals surface area contributed by atoms with Crippen LogP contribution < -0.4 is 0 Å². The van der Waals surface area contributed by atoms with Gasteiger partial charge in [0.25, 0.3) is 0 Å². The van der Waals surface area contributed by atoms with E-state index in [1.54, 1.807) is 12.1 Å². The van der Waals surface area contributed by atoms with Gasteiger partial charge in [-0.1, -0.05) is 17.8 Å². The lowest BCUT2D eigenvalue weighted by molar-refractivity contribution is -0.139. The average molecular weight is 364 g/mol. The van der Waals surface area contributed by atoms with Crippen LogP contribution in [-0.2, 0) is 12.8 Å². The molecule has 0 radical (unpaired) electrons. The van der Waals surface area contributed by atoms with Crippen molar-refractivity contribution < 1.29 is 18.3 Å². The number of hydrogen-bond acceptors (Lipinski definition) is 3. The van der Waals surface area contributed by atoms with Gasteiger partial charge in [0.1, 0.15) is 5.03 Å². The van der Waals surface area contributed by atoms with Crippen molar-refractivity contribution in [2.45, 2.75) is 22.7 Å². The Bertz CT molecular complexity index is 619. The second-order valence-electron chi connectivity index (χ2n) is 3.88. The zero-order valence-electron chi connectivity index (χ0n) is 9.99. The minimum absolute atomic E-state index is 0.0501. The molecule has 0 unspecified atom stereocenters. The first kappa shape index (κ1) is 15.3. The van der Waals surface area contributed by atoms with Gasteiger partial charge in [-0.25, -0.2) is 4.98 Å². The Morgan fingerprint density at radius 2 is 2.00 bits per heavy atom. The van der Waals surface area contributed by atoms with E-state index in [4.69, 9.17) is 5.11 Å². The minimum Gasteiger partial charge on any atom is -0.392 e. The predicted octanol–water partition coefficient (Wildman–Crippen LogP) is 4.51. The first-order valence-electron chi connectivity index (χ1n) is 5.51. The maximum absolute atomic E-state index is 13.0. The van der Waals surface area contributed by atoms with Crippen molar-refractivity contribution in [2.75, 3.05) is 0 Å². The molecule has 0 atom stereocenters. The van der Waals surface area contributed by atoms with Crippen LogP contribution in [0.15, 0.2) is 50.9 Å². The van der Waals surface area contributed by atoms with E-state index in [-0.39, 0.29) is 10.5 Å². The largest absolute Gasteiger partial charge is 0.417 e. The van der Waals surface area contributed by atoms with Crippen molar-refractivity contribution >= 4 is 27.7 Å². The van der Waals surface area contributed by atoms with Crippen LogP contribution in [0, 0.1) is 0 Å². The predicted molar refractivity (Wildman–Crippen MR) is 73.4 cm³/mol. The number of nitrogens with zero attached hydrogens (tertiary/aromatic N) is 1. The first-order chi connectivity index (χ1) is 9.41. The smallest absolute Gasteiger partial charge is 0.392 e. The van der Waals surface area contributed by atoms with E-state index in [9.17, 15) is 13.2 Å². The van der Waals surface area contributed by atoms with Gasteiger partial charge in [0.15, 0.2) is 0 Å². The Morgan fingerprint density at radius 1 is 1.25 bits per heavy atom. The van der Waals surface area contributed by atoms with Gasteiger partial charge in [-0.05, 0) is 45.8 Å². The summed E-state index contributed by atoms with van der Waals surface area (Å²) < 4.78 is 39.8. The Labute approximate surface area is 126 Å². The van der Waals surface area contributed by atoms with Crippen LogP contribution in [0.25, 0.3) is 0 Å². The molecule has 1 aromatic carbocycles. The number of benzene rings is 1. The minimum atomic E-state index is -4.48. The van der Waals surface area contributed by atoms with E-state index >= 15 is 0 Å². The zero-order chi connectivity index (χ0) is 14.8. The van der Waals surface area contributed by atoms with E-state index in [1.807, 2.05) is 0 Å². The Morgan fingerprint density at radius 3 is 2.60 bits per heavy atom. The maximum Gasteiger partial charge on any atom is 0.417 e. The number of hydrogen-bond donors (Lipinski definition) is 1. The van der Waals surface area contributed by atoms with Crippen LogP contribution in [0.4, 0.5) is 13.2 Å². The lowest BCUT2D eigenvalue weighted by Crippen LogP contribution is -2.07. The number of pyridine rings is 1. The maximum atomic E-state index is 13.0. The molecule has 0 spiro atoms. The molecule has 0 aliphatic rings. The summed E-state index contributed by atoms with van der Waals surface area (Å²) in [6.45, 7) is -0.429. The summed E-state index contributed by atoms with van der Waals surface area (Å²) in [5.41, 5.74) is -0.548. The average Bonchev–Trinajstić information content (AvgIpc) is 2.40. The lowest BCUT2D eigenvalue weighted by atomic mass is 10.1. The number of alkyl halides is 3. The van der Waals surface area contributed by atoms with E-state index in [0.717, 1.165) is 17.8 Å². The van der Waals surface area contributed by atoms with E-state index in [2.05, 4.69) is 20.9 Å². The van der Waals surface area contributed by atoms with Crippen molar-refractivity contribution in [3.63, 3.8) is 0 Å². The normalized spacial score (nSPS) is 11.7. The highest BCUT2D eigenvalue weighted by atomic mass is 79.9. The van der Waals surface area contributed by atoms with Gasteiger partial charge in [0.2, 0.25) is 0 Å². The molecule has 106 valence electrons. The molecule has 0 saturated carbocycles. The van der Waals surface area contributed by atoms with Gasteiger partial charge in [0, 0.05) is 11.1 Å².